The largest absolute Gasteiger partial charge is 0.353 e. The average molecular weight is 318 g/mol. The second kappa shape index (κ2) is 5.23. The Morgan fingerprint density at radius 2 is 2.32 bits per heavy atom. The van der Waals surface area contributed by atoms with E-state index in [9.17, 15) is 20.2 Å². The molecule has 0 fully saturated rings. The fourth-order valence-electron chi connectivity index (χ4n) is 2.50. The molecule has 0 aromatic carbocycles. The van der Waals surface area contributed by atoms with Gasteiger partial charge in [0, 0.05) is 11.8 Å². The number of nitro groups is 1. The molecule has 0 bridgehead atoms. The first-order valence-corrected chi connectivity index (χ1v) is 7.31. The van der Waals surface area contributed by atoms with Crippen molar-refractivity contribution in [3.8, 4) is 6.07 Å². The zero-order valence-corrected chi connectivity index (χ0v) is 12.3. The average Bonchev–Trinajstić information content (AvgIpc) is 3.12. The molecule has 0 spiro atoms. The predicted octanol–water partition coefficient (Wildman–Crippen LogP) is 2.57. The number of anilines is 1. The molecule has 0 saturated heterocycles. The van der Waals surface area contributed by atoms with E-state index >= 15 is 0 Å². The van der Waals surface area contributed by atoms with Gasteiger partial charge in [0.2, 0.25) is 11.5 Å². The molecule has 0 atom stereocenters. The number of nitriles is 1. The highest BCUT2D eigenvalue weighted by molar-refractivity contribution is 7.16. The van der Waals surface area contributed by atoms with Gasteiger partial charge in [-0.15, -0.1) is 11.3 Å². The lowest BCUT2D eigenvalue weighted by atomic mass is 10.1. The molecule has 1 amide bonds. The molecule has 8 nitrogen and oxygen atoms in total. The van der Waals surface area contributed by atoms with Gasteiger partial charge in [-0.2, -0.15) is 5.26 Å². The molecule has 2 aromatic heterocycles. The Kier molecular flexibility index (Phi) is 3.38. The first-order chi connectivity index (χ1) is 10.5. The molecule has 0 radical (unpaired) electrons. The lowest BCUT2D eigenvalue weighted by Gasteiger charge is -2.01. The molecule has 0 saturated carbocycles. The summed E-state index contributed by atoms with van der Waals surface area (Å²) in [4.78, 5) is 23.6. The number of fused-ring (bicyclic) bond motifs is 1. The minimum atomic E-state index is -0.750. The van der Waals surface area contributed by atoms with Crippen molar-refractivity contribution in [2.75, 3.05) is 5.32 Å². The number of aromatic nitrogens is 1. The molecule has 0 aliphatic heterocycles. The van der Waals surface area contributed by atoms with Crippen LogP contribution in [-0.2, 0) is 12.8 Å². The van der Waals surface area contributed by atoms with E-state index in [0.29, 0.717) is 10.6 Å². The SMILES string of the molecule is Cc1onc(C(=O)Nc2sc3c(c2C#N)CCC3)c1[N+](=O)[O-]. The summed E-state index contributed by atoms with van der Waals surface area (Å²) >= 11 is 1.33. The summed E-state index contributed by atoms with van der Waals surface area (Å²) in [5, 5.41) is 26.6. The second-order valence-electron chi connectivity index (χ2n) is 4.82. The molecule has 1 aliphatic carbocycles. The van der Waals surface area contributed by atoms with Crippen molar-refractivity contribution in [2.45, 2.75) is 26.2 Å². The van der Waals surface area contributed by atoms with E-state index in [0.717, 1.165) is 29.7 Å². The maximum atomic E-state index is 12.2. The monoisotopic (exact) mass is 318 g/mol. The first-order valence-electron chi connectivity index (χ1n) is 6.49. The lowest BCUT2D eigenvalue weighted by Crippen LogP contribution is -2.14. The number of nitrogens with zero attached hydrogens (tertiary/aromatic N) is 3. The summed E-state index contributed by atoms with van der Waals surface area (Å²) in [6, 6.07) is 2.09. The van der Waals surface area contributed by atoms with Crippen LogP contribution in [0.5, 0.6) is 0 Å². The number of thiophene rings is 1. The van der Waals surface area contributed by atoms with Gasteiger partial charge in [0.1, 0.15) is 11.1 Å². The highest BCUT2D eigenvalue weighted by Gasteiger charge is 2.31. The Bertz CT molecular complexity index is 830. The maximum absolute atomic E-state index is 12.2. The molecule has 1 aliphatic rings. The number of hydrogen-bond acceptors (Lipinski definition) is 7. The standard InChI is InChI=1S/C13H10N4O4S/c1-6-11(17(19)20)10(16-21-6)12(18)15-13-8(5-14)7-3-2-4-9(7)22-13/h2-4H2,1H3,(H,15,18). The van der Waals surface area contributed by atoms with Gasteiger partial charge in [-0.25, -0.2) is 0 Å². The third kappa shape index (κ3) is 2.14. The van der Waals surface area contributed by atoms with Crippen molar-refractivity contribution in [1.82, 2.24) is 5.16 Å². The number of rotatable bonds is 3. The van der Waals surface area contributed by atoms with Crippen LogP contribution < -0.4 is 5.32 Å². The number of carbonyl (C=O) groups is 1. The molecule has 112 valence electrons. The van der Waals surface area contributed by atoms with Crippen molar-refractivity contribution in [1.29, 1.82) is 5.26 Å². The van der Waals surface area contributed by atoms with E-state index in [2.05, 4.69) is 16.5 Å². The van der Waals surface area contributed by atoms with E-state index in [1.165, 1.54) is 18.3 Å². The van der Waals surface area contributed by atoms with Crippen LogP contribution in [-0.4, -0.2) is 16.0 Å². The Balaban J connectivity index is 1.93. The molecular formula is C13H10N4O4S. The second-order valence-corrected chi connectivity index (χ2v) is 5.93. The predicted molar refractivity (Wildman–Crippen MR) is 76.9 cm³/mol. The van der Waals surface area contributed by atoms with E-state index in [4.69, 9.17) is 4.52 Å². The minimum absolute atomic E-state index is 0.0377. The van der Waals surface area contributed by atoms with Crippen molar-refractivity contribution < 1.29 is 14.2 Å². The normalized spacial score (nSPS) is 12.7. The molecule has 2 heterocycles. The smallest absolute Gasteiger partial charge is 0.344 e. The third-order valence-corrected chi connectivity index (χ3v) is 4.70. The lowest BCUT2D eigenvalue weighted by molar-refractivity contribution is -0.386. The van der Waals surface area contributed by atoms with E-state index in [-0.39, 0.29) is 11.5 Å². The molecule has 0 unspecified atom stereocenters. The Labute approximate surface area is 128 Å². The number of carbonyl (C=O) groups excluding carboxylic acids is 1. The van der Waals surface area contributed by atoms with Crippen molar-refractivity contribution in [2.24, 2.45) is 0 Å². The maximum Gasteiger partial charge on any atom is 0.344 e. The minimum Gasteiger partial charge on any atom is -0.353 e. The van der Waals surface area contributed by atoms with Gasteiger partial charge in [-0.3, -0.25) is 14.9 Å². The number of nitrogens with one attached hydrogen (secondary N) is 1. The fraction of sp³-hybridized carbons (Fsp3) is 0.308. The van der Waals surface area contributed by atoms with Crippen LogP contribution in [0, 0.1) is 28.4 Å². The van der Waals surface area contributed by atoms with Crippen molar-refractivity contribution in [3.63, 3.8) is 0 Å². The van der Waals surface area contributed by atoms with Gasteiger partial charge in [-0.05, 0) is 24.8 Å². The van der Waals surface area contributed by atoms with Crippen molar-refractivity contribution in [3.05, 3.63) is 37.6 Å². The summed E-state index contributed by atoms with van der Waals surface area (Å²) in [6.45, 7) is 1.36. The highest BCUT2D eigenvalue weighted by atomic mass is 32.1. The van der Waals surface area contributed by atoms with Crippen LogP contribution in [0.4, 0.5) is 10.7 Å². The number of amides is 1. The van der Waals surface area contributed by atoms with Gasteiger partial charge < -0.3 is 9.84 Å². The van der Waals surface area contributed by atoms with Crippen LogP contribution in [0.25, 0.3) is 0 Å². The van der Waals surface area contributed by atoms with E-state index < -0.39 is 16.5 Å². The quantitative estimate of drug-likeness (QED) is 0.685. The van der Waals surface area contributed by atoms with E-state index in [1.54, 1.807) is 0 Å². The first kappa shape index (κ1) is 14.2. The van der Waals surface area contributed by atoms with Crippen LogP contribution >= 0.6 is 11.3 Å². The molecular weight excluding hydrogens is 308 g/mol. The Morgan fingerprint density at radius 1 is 1.55 bits per heavy atom. The summed E-state index contributed by atoms with van der Waals surface area (Å²) in [5.74, 6) is -0.788. The molecule has 1 N–H and O–H groups in total. The van der Waals surface area contributed by atoms with Crippen LogP contribution in [0.15, 0.2) is 4.52 Å². The number of aryl methyl sites for hydroxylation is 2. The zero-order chi connectivity index (χ0) is 15.9. The summed E-state index contributed by atoms with van der Waals surface area (Å²) < 4.78 is 4.72. The summed E-state index contributed by atoms with van der Waals surface area (Å²) in [6.07, 6.45) is 2.69. The Morgan fingerprint density at radius 3 is 3.00 bits per heavy atom. The molecule has 9 heteroatoms. The van der Waals surface area contributed by atoms with Gasteiger partial charge >= 0.3 is 5.69 Å². The van der Waals surface area contributed by atoms with Gasteiger partial charge in [0.15, 0.2) is 0 Å². The summed E-state index contributed by atoms with van der Waals surface area (Å²) in [7, 11) is 0. The number of hydrogen-bond donors (Lipinski definition) is 1. The van der Waals surface area contributed by atoms with Gasteiger partial charge in [-0.1, -0.05) is 5.16 Å². The topological polar surface area (TPSA) is 122 Å². The fourth-order valence-corrected chi connectivity index (χ4v) is 3.74. The van der Waals surface area contributed by atoms with Crippen LogP contribution in [0.1, 0.15) is 38.7 Å². The Hall–Kier alpha value is -2.73. The van der Waals surface area contributed by atoms with Crippen molar-refractivity contribution >= 4 is 27.9 Å². The van der Waals surface area contributed by atoms with Gasteiger partial charge in [0.05, 0.1) is 10.5 Å². The van der Waals surface area contributed by atoms with Gasteiger partial charge in [0.25, 0.3) is 5.91 Å². The summed E-state index contributed by atoms with van der Waals surface area (Å²) in [5.41, 5.74) is 0.558. The molecule has 3 rings (SSSR count). The molecule has 2 aromatic rings. The molecule has 22 heavy (non-hydrogen) atoms. The van der Waals surface area contributed by atoms with Crippen LogP contribution in [0.3, 0.4) is 0 Å². The van der Waals surface area contributed by atoms with Crippen LogP contribution in [0.2, 0.25) is 0 Å². The zero-order valence-electron chi connectivity index (χ0n) is 11.5. The third-order valence-electron chi connectivity index (χ3n) is 3.49. The van der Waals surface area contributed by atoms with E-state index in [1.807, 2.05) is 0 Å². The highest BCUT2D eigenvalue weighted by Crippen LogP contribution is 2.39.